The number of amides is 1. The lowest BCUT2D eigenvalue weighted by molar-refractivity contribution is -0.154. The Bertz CT molecular complexity index is 476. The summed E-state index contributed by atoms with van der Waals surface area (Å²) in [6.45, 7) is 3.41. The van der Waals surface area contributed by atoms with Gasteiger partial charge in [-0.05, 0) is 24.5 Å². The van der Waals surface area contributed by atoms with Crippen molar-refractivity contribution in [1.82, 2.24) is 10.2 Å². The zero-order valence-corrected chi connectivity index (χ0v) is 10.5. The van der Waals surface area contributed by atoms with Crippen molar-refractivity contribution in [3.63, 3.8) is 0 Å². The molecule has 18 heavy (non-hydrogen) atoms. The van der Waals surface area contributed by atoms with Crippen LogP contribution >= 0.6 is 0 Å². The molecular weight excluding hydrogens is 228 g/mol. The van der Waals surface area contributed by atoms with Crippen molar-refractivity contribution in [3.8, 4) is 0 Å². The zero-order valence-electron chi connectivity index (χ0n) is 10.5. The van der Waals surface area contributed by atoms with Crippen LogP contribution in [0.5, 0.6) is 0 Å². The van der Waals surface area contributed by atoms with Crippen LogP contribution in [-0.2, 0) is 17.8 Å². The minimum Gasteiger partial charge on any atom is -0.386 e. The fourth-order valence-corrected chi connectivity index (χ4v) is 2.78. The lowest BCUT2D eigenvalue weighted by atomic mass is 9.92. The van der Waals surface area contributed by atoms with Crippen molar-refractivity contribution in [2.45, 2.75) is 31.5 Å². The molecule has 1 unspecified atom stereocenters. The minimum absolute atomic E-state index is 0.107. The molecule has 0 aromatic heterocycles. The molecule has 2 heterocycles. The van der Waals surface area contributed by atoms with Crippen LogP contribution in [0.1, 0.15) is 18.1 Å². The monoisotopic (exact) mass is 246 g/mol. The van der Waals surface area contributed by atoms with E-state index in [4.69, 9.17) is 0 Å². The highest BCUT2D eigenvalue weighted by molar-refractivity contribution is 5.83. The van der Waals surface area contributed by atoms with E-state index in [2.05, 4.69) is 17.4 Å². The van der Waals surface area contributed by atoms with Gasteiger partial charge in [-0.1, -0.05) is 24.3 Å². The standard InChI is InChI=1S/C14H18N2O2/c1-14(18)8-16(9-14)13(17)12-6-10-4-2-3-5-11(10)7-15-12/h2-5,12,15,18H,6-9H2,1H3. The van der Waals surface area contributed by atoms with Gasteiger partial charge in [0.05, 0.1) is 24.7 Å². The molecule has 0 radical (unpaired) electrons. The van der Waals surface area contributed by atoms with Gasteiger partial charge in [0.2, 0.25) is 5.91 Å². The van der Waals surface area contributed by atoms with Crippen LogP contribution in [0.15, 0.2) is 24.3 Å². The second kappa shape index (κ2) is 4.07. The fraction of sp³-hybridized carbons (Fsp3) is 0.500. The summed E-state index contributed by atoms with van der Waals surface area (Å²) in [6, 6.07) is 8.08. The van der Waals surface area contributed by atoms with Gasteiger partial charge in [0, 0.05) is 6.54 Å². The fourth-order valence-electron chi connectivity index (χ4n) is 2.78. The SMILES string of the molecule is CC1(O)CN(C(=O)C2Cc3ccccc3CN2)C1. The van der Waals surface area contributed by atoms with Crippen LogP contribution in [0.3, 0.4) is 0 Å². The summed E-state index contributed by atoms with van der Waals surface area (Å²) in [6.07, 6.45) is 0.744. The highest BCUT2D eigenvalue weighted by Gasteiger charge is 2.41. The molecule has 0 saturated carbocycles. The van der Waals surface area contributed by atoms with E-state index in [1.165, 1.54) is 11.1 Å². The predicted octanol–water partition coefficient (Wildman–Crippen LogP) is 0.294. The smallest absolute Gasteiger partial charge is 0.240 e. The molecular formula is C14H18N2O2. The van der Waals surface area contributed by atoms with E-state index in [1.54, 1.807) is 11.8 Å². The van der Waals surface area contributed by atoms with Gasteiger partial charge in [-0.2, -0.15) is 0 Å². The molecule has 1 aromatic carbocycles. The lowest BCUT2D eigenvalue weighted by Gasteiger charge is -2.46. The third kappa shape index (κ3) is 2.02. The second-order valence-electron chi connectivity index (χ2n) is 5.60. The van der Waals surface area contributed by atoms with Gasteiger partial charge in [-0.3, -0.25) is 4.79 Å². The number of fused-ring (bicyclic) bond motifs is 1. The number of benzene rings is 1. The average molecular weight is 246 g/mol. The lowest BCUT2D eigenvalue weighted by Crippen LogP contribution is -2.65. The third-order valence-electron chi connectivity index (χ3n) is 3.75. The Balaban J connectivity index is 1.68. The molecule has 96 valence electrons. The number of likely N-dealkylation sites (tertiary alicyclic amines) is 1. The van der Waals surface area contributed by atoms with E-state index in [-0.39, 0.29) is 11.9 Å². The Morgan fingerprint density at radius 2 is 2.06 bits per heavy atom. The van der Waals surface area contributed by atoms with Gasteiger partial charge in [-0.25, -0.2) is 0 Å². The normalized spacial score (nSPS) is 25.2. The Morgan fingerprint density at radius 1 is 1.39 bits per heavy atom. The Kier molecular flexibility index (Phi) is 2.64. The van der Waals surface area contributed by atoms with Crippen LogP contribution < -0.4 is 5.32 Å². The summed E-state index contributed by atoms with van der Waals surface area (Å²) >= 11 is 0. The van der Waals surface area contributed by atoms with Crippen molar-refractivity contribution in [3.05, 3.63) is 35.4 Å². The first-order valence-electron chi connectivity index (χ1n) is 6.36. The summed E-state index contributed by atoms with van der Waals surface area (Å²) in [5.41, 5.74) is 1.83. The number of nitrogens with one attached hydrogen (secondary N) is 1. The molecule has 1 amide bonds. The molecule has 4 nitrogen and oxygen atoms in total. The van der Waals surface area contributed by atoms with E-state index in [0.29, 0.717) is 13.1 Å². The Labute approximate surface area is 107 Å². The summed E-state index contributed by atoms with van der Waals surface area (Å²) < 4.78 is 0. The topological polar surface area (TPSA) is 52.6 Å². The maximum atomic E-state index is 12.2. The molecule has 1 fully saturated rings. The molecule has 2 N–H and O–H groups in total. The molecule has 2 aliphatic rings. The maximum absolute atomic E-state index is 12.2. The molecule has 2 aliphatic heterocycles. The quantitative estimate of drug-likeness (QED) is 0.749. The van der Waals surface area contributed by atoms with Crippen LogP contribution in [0, 0.1) is 0 Å². The molecule has 1 atom stereocenters. The first-order chi connectivity index (χ1) is 8.55. The molecule has 0 aliphatic carbocycles. The first-order valence-corrected chi connectivity index (χ1v) is 6.36. The molecule has 0 spiro atoms. The van der Waals surface area contributed by atoms with E-state index < -0.39 is 5.60 Å². The Hall–Kier alpha value is -1.39. The highest BCUT2D eigenvalue weighted by Crippen LogP contribution is 2.23. The number of aliphatic hydroxyl groups is 1. The van der Waals surface area contributed by atoms with Crippen molar-refractivity contribution in [1.29, 1.82) is 0 Å². The molecule has 4 heteroatoms. The summed E-state index contributed by atoms with van der Waals surface area (Å²) in [4.78, 5) is 14.0. The Morgan fingerprint density at radius 3 is 2.72 bits per heavy atom. The summed E-state index contributed by atoms with van der Waals surface area (Å²) in [5.74, 6) is 0.107. The van der Waals surface area contributed by atoms with Gasteiger partial charge >= 0.3 is 0 Å². The highest BCUT2D eigenvalue weighted by atomic mass is 16.3. The summed E-state index contributed by atoms with van der Waals surface area (Å²) in [7, 11) is 0. The van der Waals surface area contributed by atoms with Crippen molar-refractivity contribution in [2.75, 3.05) is 13.1 Å². The van der Waals surface area contributed by atoms with E-state index in [9.17, 15) is 9.90 Å². The third-order valence-corrected chi connectivity index (χ3v) is 3.75. The number of hydrogen-bond donors (Lipinski definition) is 2. The van der Waals surface area contributed by atoms with Gasteiger partial charge in [-0.15, -0.1) is 0 Å². The molecule has 1 aromatic rings. The number of carbonyl (C=O) groups excluding carboxylic acids is 1. The number of rotatable bonds is 1. The van der Waals surface area contributed by atoms with E-state index in [0.717, 1.165) is 13.0 Å². The minimum atomic E-state index is -0.692. The van der Waals surface area contributed by atoms with Crippen LogP contribution in [0.2, 0.25) is 0 Å². The number of carbonyl (C=O) groups is 1. The molecule has 0 bridgehead atoms. The van der Waals surface area contributed by atoms with Crippen LogP contribution in [-0.4, -0.2) is 40.6 Å². The van der Waals surface area contributed by atoms with Crippen LogP contribution in [0.25, 0.3) is 0 Å². The largest absolute Gasteiger partial charge is 0.386 e. The summed E-state index contributed by atoms with van der Waals surface area (Å²) in [5, 5.41) is 13.0. The molecule has 1 saturated heterocycles. The number of nitrogens with zero attached hydrogens (tertiary/aromatic N) is 1. The van der Waals surface area contributed by atoms with Crippen molar-refractivity contribution < 1.29 is 9.90 Å². The van der Waals surface area contributed by atoms with Gasteiger partial charge in [0.15, 0.2) is 0 Å². The molecule has 3 rings (SSSR count). The number of β-amino-alcohol motifs (C(OH)–C–C–N with tert-alkyl or cyclic N) is 1. The van der Waals surface area contributed by atoms with Crippen molar-refractivity contribution >= 4 is 5.91 Å². The zero-order chi connectivity index (χ0) is 12.8. The maximum Gasteiger partial charge on any atom is 0.240 e. The average Bonchev–Trinajstić information content (AvgIpc) is 2.34. The first kappa shape index (κ1) is 11.7. The van der Waals surface area contributed by atoms with Crippen molar-refractivity contribution in [2.24, 2.45) is 0 Å². The second-order valence-corrected chi connectivity index (χ2v) is 5.60. The number of hydrogen-bond acceptors (Lipinski definition) is 3. The van der Waals surface area contributed by atoms with Gasteiger partial charge in [0.25, 0.3) is 0 Å². The predicted molar refractivity (Wildman–Crippen MR) is 68.0 cm³/mol. The van der Waals surface area contributed by atoms with E-state index >= 15 is 0 Å². The van der Waals surface area contributed by atoms with E-state index in [1.807, 2.05) is 12.1 Å². The van der Waals surface area contributed by atoms with Crippen LogP contribution in [0.4, 0.5) is 0 Å². The van der Waals surface area contributed by atoms with Gasteiger partial charge < -0.3 is 15.3 Å². The van der Waals surface area contributed by atoms with Gasteiger partial charge in [0.1, 0.15) is 0 Å².